The van der Waals surface area contributed by atoms with Gasteiger partial charge in [0.15, 0.2) is 0 Å². The SMILES string of the molecule is CC(C)CC(O)(CCc1ccsc1)CC(C)C. The maximum atomic E-state index is 10.8. The first-order chi connectivity index (χ1) is 7.91. The van der Waals surface area contributed by atoms with E-state index < -0.39 is 5.60 Å². The summed E-state index contributed by atoms with van der Waals surface area (Å²) in [4.78, 5) is 0. The highest BCUT2D eigenvalue weighted by molar-refractivity contribution is 7.07. The van der Waals surface area contributed by atoms with Crippen LogP contribution in [-0.2, 0) is 6.42 Å². The Bertz CT molecular complexity index is 291. The third-order valence-electron chi connectivity index (χ3n) is 3.04. The van der Waals surface area contributed by atoms with E-state index in [9.17, 15) is 5.11 Å². The highest BCUT2D eigenvalue weighted by Gasteiger charge is 2.28. The van der Waals surface area contributed by atoms with E-state index in [1.54, 1.807) is 11.3 Å². The van der Waals surface area contributed by atoms with E-state index in [1.807, 2.05) is 0 Å². The molecule has 0 aliphatic rings. The molecule has 0 saturated carbocycles. The molecule has 0 saturated heterocycles. The number of hydrogen-bond donors (Lipinski definition) is 1. The van der Waals surface area contributed by atoms with Crippen LogP contribution >= 0.6 is 11.3 Å². The molecule has 1 N–H and O–H groups in total. The average molecular weight is 254 g/mol. The van der Waals surface area contributed by atoms with E-state index in [2.05, 4.69) is 44.5 Å². The summed E-state index contributed by atoms with van der Waals surface area (Å²) in [5, 5.41) is 15.1. The van der Waals surface area contributed by atoms with Crippen LogP contribution in [0.25, 0.3) is 0 Å². The zero-order valence-electron chi connectivity index (χ0n) is 11.6. The van der Waals surface area contributed by atoms with E-state index in [0.717, 1.165) is 25.7 Å². The van der Waals surface area contributed by atoms with Crippen molar-refractivity contribution in [1.29, 1.82) is 0 Å². The van der Waals surface area contributed by atoms with Gasteiger partial charge in [-0.05, 0) is 59.9 Å². The lowest BCUT2D eigenvalue weighted by Gasteiger charge is -2.31. The zero-order valence-corrected chi connectivity index (χ0v) is 12.4. The molecule has 0 radical (unpaired) electrons. The van der Waals surface area contributed by atoms with Gasteiger partial charge in [0, 0.05) is 0 Å². The van der Waals surface area contributed by atoms with Gasteiger partial charge in [0.25, 0.3) is 0 Å². The second-order valence-corrected chi connectivity index (χ2v) is 6.83. The van der Waals surface area contributed by atoms with Crippen LogP contribution in [0.15, 0.2) is 16.8 Å². The first-order valence-corrected chi connectivity index (χ1v) is 7.59. The van der Waals surface area contributed by atoms with E-state index in [4.69, 9.17) is 0 Å². The van der Waals surface area contributed by atoms with Crippen molar-refractivity contribution in [3.05, 3.63) is 22.4 Å². The maximum Gasteiger partial charge on any atom is 0.0655 e. The minimum Gasteiger partial charge on any atom is -0.390 e. The van der Waals surface area contributed by atoms with Crippen LogP contribution in [0.3, 0.4) is 0 Å². The molecule has 0 fully saturated rings. The summed E-state index contributed by atoms with van der Waals surface area (Å²) in [6, 6.07) is 2.16. The fourth-order valence-electron chi connectivity index (χ4n) is 2.62. The van der Waals surface area contributed by atoms with Gasteiger partial charge in [-0.3, -0.25) is 0 Å². The van der Waals surface area contributed by atoms with E-state index >= 15 is 0 Å². The van der Waals surface area contributed by atoms with Crippen molar-refractivity contribution in [2.45, 2.75) is 59.0 Å². The maximum absolute atomic E-state index is 10.8. The van der Waals surface area contributed by atoms with Crippen molar-refractivity contribution < 1.29 is 5.11 Å². The molecule has 17 heavy (non-hydrogen) atoms. The van der Waals surface area contributed by atoms with Crippen molar-refractivity contribution in [3.63, 3.8) is 0 Å². The molecule has 0 aliphatic carbocycles. The predicted octanol–water partition coefficient (Wildman–Crippen LogP) is 4.50. The lowest BCUT2D eigenvalue weighted by molar-refractivity contribution is -0.00704. The molecule has 0 aromatic carbocycles. The second kappa shape index (κ2) is 6.55. The normalized spacial score (nSPS) is 12.6. The van der Waals surface area contributed by atoms with Gasteiger partial charge in [-0.25, -0.2) is 0 Å². The molecule has 1 nitrogen and oxygen atoms in total. The van der Waals surface area contributed by atoms with Gasteiger partial charge >= 0.3 is 0 Å². The molecule has 1 rings (SSSR count). The van der Waals surface area contributed by atoms with Crippen LogP contribution in [0.4, 0.5) is 0 Å². The predicted molar refractivity (Wildman–Crippen MR) is 76.5 cm³/mol. The summed E-state index contributed by atoms with van der Waals surface area (Å²) in [5.41, 5.74) is 0.880. The van der Waals surface area contributed by atoms with Crippen LogP contribution in [0.5, 0.6) is 0 Å². The molecule has 1 aromatic rings. The molecule has 98 valence electrons. The first-order valence-electron chi connectivity index (χ1n) is 6.65. The molecule has 1 heterocycles. The molecule has 0 amide bonds. The molecule has 0 bridgehead atoms. The van der Waals surface area contributed by atoms with Gasteiger partial charge in [-0.1, -0.05) is 27.7 Å². The van der Waals surface area contributed by atoms with Crippen LogP contribution < -0.4 is 0 Å². The fourth-order valence-corrected chi connectivity index (χ4v) is 3.32. The zero-order chi connectivity index (χ0) is 12.9. The number of rotatable bonds is 7. The molecule has 0 spiro atoms. The Morgan fingerprint density at radius 3 is 2.18 bits per heavy atom. The molecule has 0 aliphatic heterocycles. The topological polar surface area (TPSA) is 20.2 Å². The van der Waals surface area contributed by atoms with Crippen molar-refractivity contribution in [1.82, 2.24) is 0 Å². The Morgan fingerprint density at radius 2 is 1.76 bits per heavy atom. The highest BCUT2D eigenvalue weighted by Crippen LogP contribution is 2.29. The van der Waals surface area contributed by atoms with E-state index in [-0.39, 0.29) is 0 Å². The first kappa shape index (κ1) is 14.7. The monoisotopic (exact) mass is 254 g/mol. The van der Waals surface area contributed by atoms with Gasteiger partial charge < -0.3 is 5.11 Å². The summed E-state index contributed by atoms with van der Waals surface area (Å²) in [6.07, 6.45) is 3.71. The number of aliphatic hydroxyl groups is 1. The lowest BCUT2D eigenvalue weighted by Crippen LogP contribution is -2.33. The Morgan fingerprint density at radius 1 is 1.18 bits per heavy atom. The Balaban J connectivity index is 2.56. The standard InChI is InChI=1S/C15H26OS/c1-12(2)9-15(16,10-13(3)4)7-5-14-6-8-17-11-14/h6,8,11-13,16H,5,7,9-10H2,1-4H3. The van der Waals surface area contributed by atoms with Crippen molar-refractivity contribution in [2.24, 2.45) is 11.8 Å². The van der Waals surface area contributed by atoms with E-state index in [1.165, 1.54) is 5.56 Å². The summed E-state index contributed by atoms with van der Waals surface area (Å²) < 4.78 is 0. The smallest absolute Gasteiger partial charge is 0.0655 e. The number of aryl methyl sites for hydroxylation is 1. The van der Waals surface area contributed by atoms with Gasteiger partial charge in [-0.15, -0.1) is 0 Å². The lowest BCUT2D eigenvalue weighted by atomic mass is 9.81. The number of hydrogen-bond acceptors (Lipinski definition) is 2. The quantitative estimate of drug-likeness (QED) is 0.759. The fraction of sp³-hybridized carbons (Fsp3) is 0.733. The van der Waals surface area contributed by atoms with Crippen molar-refractivity contribution in [3.8, 4) is 0 Å². The minimum absolute atomic E-state index is 0.482. The molecule has 0 unspecified atom stereocenters. The molecule has 0 atom stereocenters. The summed E-state index contributed by atoms with van der Waals surface area (Å²) in [7, 11) is 0. The van der Waals surface area contributed by atoms with E-state index in [0.29, 0.717) is 11.8 Å². The third kappa shape index (κ3) is 5.69. The van der Waals surface area contributed by atoms with Crippen molar-refractivity contribution >= 4 is 11.3 Å². The Hall–Kier alpha value is -0.340. The highest BCUT2D eigenvalue weighted by atomic mass is 32.1. The van der Waals surface area contributed by atoms with Crippen LogP contribution in [0.1, 0.15) is 52.5 Å². The van der Waals surface area contributed by atoms with Crippen LogP contribution in [0.2, 0.25) is 0 Å². The molecular formula is C15H26OS. The van der Waals surface area contributed by atoms with Gasteiger partial charge in [0.2, 0.25) is 0 Å². The molecule has 1 aromatic heterocycles. The summed E-state index contributed by atoms with van der Waals surface area (Å²) in [5.74, 6) is 1.11. The van der Waals surface area contributed by atoms with Gasteiger partial charge in [0.05, 0.1) is 5.60 Å². The average Bonchev–Trinajstić information content (AvgIpc) is 2.64. The molecular weight excluding hydrogens is 228 g/mol. The van der Waals surface area contributed by atoms with Crippen LogP contribution in [0, 0.1) is 11.8 Å². The van der Waals surface area contributed by atoms with Crippen molar-refractivity contribution in [2.75, 3.05) is 0 Å². The third-order valence-corrected chi connectivity index (χ3v) is 3.77. The van der Waals surface area contributed by atoms with Gasteiger partial charge in [0.1, 0.15) is 0 Å². The number of thiophene rings is 1. The summed E-state index contributed by atoms with van der Waals surface area (Å²) in [6.45, 7) is 8.76. The minimum atomic E-state index is -0.482. The Labute approximate surface area is 110 Å². The van der Waals surface area contributed by atoms with Crippen LogP contribution in [-0.4, -0.2) is 10.7 Å². The Kier molecular flexibility index (Phi) is 5.68. The molecule has 2 heteroatoms. The largest absolute Gasteiger partial charge is 0.390 e. The second-order valence-electron chi connectivity index (χ2n) is 6.05. The summed E-state index contributed by atoms with van der Waals surface area (Å²) >= 11 is 1.74. The van der Waals surface area contributed by atoms with Gasteiger partial charge in [-0.2, -0.15) is 11.3 Å².